The Balaban J connectivity index is 1.75. The lowest BCUT2D eigenvalue weighted by Gasteiger charge is -2.26. The molecule has 0 aromatic heterocycles. The fourth-order valence-corrected chi connectivity index (χ4v) is 4.83. The summed E-state index contributed by atoms with van der Waals surface area (Å²) in [5, 5.41) is 2.86. The van der Waals surface area contributed by atoms with Gasteiger partial charge in [0.1, 0.15) is 5.75 Å². The normalized spacial score (nSPS) is 15.2. The molecule has 1 fully saturated rings. The van der Waals surface area contributed by atoms with Gasteiger partial charge in [-0.05, 0) is 55.2 Å². The molecule has 0 radical (unpaired) electrons. The first-order valence-corrected chi connectivity index (χ1v) is 10.9. The second kappa shape index (κ2) is 8.75. The van der Waals surface area contributed by atoms with E-state index >= 15 is 0 Å². The summed E-state index contributed by atoms with van der Waals surface area (Å²) < 4.78 is 32.4. The van der Waals surface area contributed by atoms with Gasteiger partial charge in [-0.1, -0.05) is 24.6 Å². The summed E-state index contributed by atoms with van der Waals surface area (Å²) in [4.78, 5) is 12.8. The van der Waals surface area contributed by atoms with E-state index < -0.39 is 10.0 Å². The van der Waals surface area contributed by atoms with E-state index in [0.717, 1.165) is 36.1 Å². The summed E-state index contributed by atoms with van der Waals surface area (Å²) in [5.41, 5.74) is 2.06. The van der Waals surface area contributed by atoms with Crippen molar-refractivity contribution in [2.45, 2.75) is 37.6 Å². The van der Waals surface area contributed by atoms with Crippen LogP contribution in [0.3, 0.4) is 0 Å². The van der Waals surface area contributed by atoms with Crippen LogP contribution in [-0.2, 0) is 16.6 Å². The second-order valence-corrected chi connectivity index (χ2v) is 8.91. The monoisotopic (exact) mass is 402 g/mol. The van der Waals surface area contributed by atoms with E-state index in [9.17, 15) is 13.2 Å². The van der Waals surface area contributed by atoms with Crippen LogP contribution in [-0.4, -0.2) is 38.8 Å². The maximum atomic E-state index is 12.9. The summed E-state index contributed by atoms with van der Waals surface area (Å²) in [6.45, 7) is 3.23. The zero-order valence-electron chi connectivity index (χ0n) is 16.3. The average Bonchev–Trinajstić information content (AvgIpc) is 2.73. The highest BCUT2D eigenvalue weighted by molar-refractivity contribution is 7.89. The number of carbonyl (C=O) groups excluding carboxylic acids is 1. The number of sulfonamides is 1. The predicted molar refractivity (Wildman–Crippen MR) is 108 cm³/mol. The molecule has 1 aliphatic rings. The second-order valence-electron chi connectivity index (χ2n) is 6.97. The lowest BCUT2D eigenvalue weighted by Crippen LogP contribution is -2.35. The molecule has 1 N–H and O–H groups in total. The van der Waals surface area contributed by atoms with Crippen LogP contribution < -0.4 is 10.1 Å². The average molecular weight is 403 g/mol. The number of hydrogen-bond donors (Lipinski definition) is 1. The molecular weight excluding hydrogens is 376 g/mol. The number of amides is 1. The topological polar surface area (TPSA) is 75.7 Å². The maximum absolute atomic E-state index is 12.9. The molecule has 0 spiro atoms. The largest absolute Gasteiger partial charge is 0.497 e. The summed E-state index contributed by atoms with van der Waals surface area (Å²) in [7, 11) is -1.97. The van der Waals surface area contributed by atoms with Crippen molar-refractivity contribution in [3.05, 3.63) is 59.2 Å². The SMILES string of the molecule is COc1ccc(CNC(=O)c2cc(S(=O)(=O)N3CCCCC3)ccc2C)cc1. The standard InChI is InChI=1S/C21H26N2O4S/c1-16-6-11-19(28(25,26)23-12-4-3-5-13-23)14-20(16)21(24)22-15-17-7-9-18(27-2)10-8-17/h6-11,14H,3-5,12-13,15H2,1-2H3,(H,22,24). The van der Waals surface area contributed by atoms with Gasteiger partial charge in [-0.15, -0.1) is 0 Å². The third-order valence-electron chi connectivity index (χ3n) is 5.02. The van der Waals surface area contributed by atoms with Gasteiger partial charge < -0.3 is 10.1 Å². The van der Waals surface area contributed by atoms with Gasteiger partial charge in [0.2, 0.25) is 10.0 Å². The van der Waals surface area contributed by atoms with Crippen LogP contribution in [0.2, 0.25) is 0 Å². The molecule has 6 nitrogen and oxygen atoms in total. The van der Waals surface area contributed by atoms with Crippen molar-refractivity contribution in [3.8, 4) is 5.75 Å². The summed E-state index contributed by atoms with van der Waals surface area (Å²) >= 11 is 0. The molecule has 0 atom stereocenters. The Hall–Kier alpha value is -2.38. The molecule has 1 heterocycles. The molecule has 1 saturated heterocycles. The molecule has 2 aromatic carbocycles. The van der Waals surface area contributed by atoms with Gasteiger partial charge in [0.15, 0.2) is 0 Å². The highest BCUT2D eigenvalue weighted by Crippen LogP contribution is 2.23. The van der Waals surface area contributed by atoms with Crippen LogP contribution in [0.1, 0.15) is 40.7 Å². The molecule has 0 saturated carbocycles. The number of rotatable bonds is 6. The summed E-state index contributed by atoms with van der Waals surface area (Å²) in [6, 6.07) is 12.2. The number of ether oxygens (including phenoxy) is 1. The van der Waals surface area contributed by atoms with Crippen LogP contribution in [0.4, 0.5) is 0 Å². The zero-order valence-corrected chi connectivity index (χ0v) is 17.1. The Bertz CT molecular complexity index is 933. The Morgan fingerprint density at radius 1 is 1.07 bits per heavy atom. The third kappa shape index (κ3) is 4.54. The van der Waals surface area contributed by atoms with Gasteiger partial charge in [0.05, 0.1) is 12.0 Å². The molecule has 0 aliphatic carbocycles. The van der Waals surface area contributed by atoms with E-state index in [1.165, 1.54) is 10.4 Å². The number of piperidine rings is 1. The van der Waals surface area contributed by atoms with Crippen molar-refractivity contribution >= 4 is 15.9 Å². The molecule has 0 bridgehead atoms. The molecule has 3 rings (SSSR count). The Morgan fingerprint density at radius 3 is 2.39 bits per heavy atom. The number of methoxy groups -OCH3 is 1. The molecule has 0 unspecified atom stereocenters. The van der Waals surface area contributed by atoms with E-state index in [1.54, 1.807) is 26.2 Å². The van der Waals surface area contributed by atoms with Crippen LogP contribution >= 0.6 is 0 Å². The van der Waals surface area contributed by atoms with Crippen LogP contribution in [0.15, 0.2) is 47.4 Å². The van der Waals surface area contributed by atoms with E-state index in [2.05, 4.69) is 5.32 Å². The molecule has 150 valence electrons. The van der Waals surface area contributed by atoms with Gasteiger partial charge in [-0.2, -0.15) is 4.31 Å². The van der Waals surface area contributed by atoms with Crippen molar-refractivity contribution in [1.82, 2.24) is 9.62 Å². The number of carbonyl (C=O) groups is 1. The van der Waals surface area contributed by atoms with Gasteiger partial charge in [0.25, 0.3) is 5.91 Å². The molecule has 2 aromatic rings. The minimum absolute atomic E-state index is 0.176. The molecule has 1 aliphatic heterocycles. The third-order valence-corrected chi connectivity index (χ3v) is 6.91. The minimum atomic E-state index is -3.57. The Morgan fingerprint density at radius 2 is 1.75 bits per heavy atom. The smallest absolute Gasteiger partial charge is 0.251 e. The molecule has 1 amide bonds. The summed E-state index contributed by atoms with van der Waals surface area (Å²) in [5.74, 6) is 0.463. The lowest BCUT2D eigenvalue weighted by atomic mass is 10.1. The highest BCUT2D eigenvalue weighted by atomic mass is 32.2. The minimum Gasteiger partial charge on any atom is -0.497 e. The number of nitrogens with zero attached hydrogens (tertiary/aromatic N) is 1. The van der Waals surface area contributed by atoms with Crippen molar-refractivity contribution in [2.24, 2.45) is 0 Å². The lowest BCUT2D eigenvalue weighted by molar-refractivity contribution is 0.0950. The van der Waals surface area contributed by atoms with Crippen LogP contribution in [0.5, 0.6) is 5.75 Å². The van der Waals surface area contributed by atoms with Crippen LogP contribution in [0.25, 0.3) is 0 Å². The first kappa shape index (κ1) is 20.4. The van der Waals surface area contributed by atoms with E-state index in [-0.39, 0.29) is 10.8 Å². The fraction of sp³-hybridized carbons (Fsp3) is 0.381. The number of aryl methyl sites for hydroxylation is 1. The Kier molecular flexibility index (Phi) is 6.36. The van der Waals surface area contributed by atoms with Crippen LogP contribution in [0, 0.1) is 6.92 Å². The van der Waals surface area contributed by atoms with Gasteiger partial charge in [-0.25, -0.2) is 8.42 Å². The number of nitrogens with one attached hydrogen (secondary N) is 1. The van der Waals surface area contributed by atoms with Crippen molar-refractivity contribution in [2.75, 3.05) is 20.2 Å². The van der Waals surface area contributed by atoms with Gasteiger partial charge >= 0.3 is 0 Å². The van der Waals surface area contributed by atoms with E-state index in [4.69, 9.17) is 4.74 Å². The van der Waals surface area contributed by atoms with Crippen molar-refractivity contribution < 1.29 is 17.9 Å². The Labute approximate surface area is 166 Å². The van der Waals surface area contributed by atoms with Gasteiger partial charge in [0, 0.05) is 25.2 Å². The number of hydrogen-bond acceptors (Lipinski definition) is 4. The number of benzene rings is 2. The first-order chi connectivity index (χ1) is 13.4. The predicted octanol–water partition coefficient (Wildman–Crippen LogP) is 3.11. The maximum Gasteiger partial charge on any atom is 0.251 e. The van der Waals surface area contributed by atoms with E-state index in [1.807, 2.05) is 24.3 Å². The van der Waals surface area contributed by atoms with Gasteiger partial charge in [-0.3, -0.25) is 4.79 Å². The van der Waals surface area contributed by atoms with E-state index in [0.29, 0.717) is 25.2 Å². The van der Waals surface area contributed by atoms with Crippen molar-refractivity contribution in [1.29, 1.82) is 0 Å². The quantitative estimate of drug-likeness (QED) is 0.806. The summed E-state index contributed by atoms with van der Waals surface area (Å²) in [6.07, 6.45) is 2.81. The molecule has 28 heavy (non-hydrogen) atoms. The molecular formula is C21H26N2O4S. The fourth-order valence-electron chi connectivity index (χ4n) is 3.28. The zero-order chi connectivity index (χ0) is 20.1. The van der Waals surface area contributed by atoms with Crippen molar-refractivity contribution in [3.63, 3.8) is 0 Å². The first-order valence-electron chi connectivity index (χ1n) is 9.44. The highest BCUT2D eigenvalue weighted by Gasteiger charge is 2.27. The molecule has 7 heteroatoms.